The molecule has 0 bridgehead atoms. The molecule has 0 fully saturated rings. The summed E-state index contributed by atoms with van der Waals surface area (Å²) in [4.78, 5) is 15.2. The SMILES string of the molecule is CNC(=O)c1ccc(S(=O)(=O)Nc2cnccc2Cl)cc1. The molecule has 1 aromatic heterocycles. The van der Waals surface area contributed by atoms with Crippen LogP contribution in [0.3, 0.4) is 0 Å². The topological polar surface area (TPSA) is 88.2 Å². The standard InChI is InChI=1S/C13H12ClN3O3S/c1-15-13(18)9-2-4-10(5-3-9)21(19,20)17-12-8-16-7-6-11(12)14/h2-8,17H,1H3,(H,15,18). The number of sulfonamides is 1. The van der Waals surface area contributed by atoms with Crippen molar-refractivity contribution < 1.29 is 13.2 Å². The number of amides is 1. The first kappa shape index (κ1) is 15.3. The van der Waals surface area contributed by atoms with E-state index in [1.54, 1.807) is 0 Å². The van der Waals surface area contributed by atoms with E-state index < -0.39 is 10.0 Å². The molecule has 0 aliphatic rings. The molecule has 0 radical (unpaired) electrons. The van der Waals surface area contributed by atoms with Crippen molar-refractivity contribution in [2.75, 3.05) is 11.8 Å². The summed E-state index contributed by atoms with van der Waals surface area (Å²) in [5.74, 6) is -0.290. The molecule has 2 N–H and O–H groups in total. The van der Waals surface area contributed by atoms with E-state index in [2.05, 4.69) is 15.0 Å². The number of carbonyl (C=O) groups excluding carboxylic acids is 1. The molecule has 2 aromatic rings. The molecule has 8 heteroatoms. The summed E-state index contributed by atoms with van der Waals surface area (Å²) in [6, 6.07) is 7.03. The van der Waals surface area contributed by atoms with Crippen molar-refractivity contribution in [3.63, 3.8) is 0 Å². The number of pyridine rings is 1. The number of nitrogens with one attached hydrogen (secondary N) is 2. The Hall–Kier alpha value is -2.12. The van der Waals surface area contributed by atoms with Gasteiger partial charge in [-0.25, -0.2) is 8.42 Å². The number of anilines is 1. The van der Waals surface area contributed by atoms with Gasteiger partial charge in [-0.05, 0) is 30.3 Å². The van der Waals surface area contributed by atoms with Gasteiger partial charge in [-0.2, -0.15) is 0 Å². The molecule has 0 saturated carbocycles. The number of hydrogen-bond acceptors (Lipinski definition) is 4. The first-order valence-electron chi connectivity index (χ1n) is 5.88. The van der Waals surface area contributed by atoms with Crippen LogP contribution in [-0.2, 0) is 10.0 Å². The number of halogens is 1. The summed E-state index contributed by atoms with van der Waals surface area (Å²) in [6.07, 6.45) is 2.77. The van der Waals surface area contributed by atoms with Crippen molar-refractivity contribution in [3.8, 4) is 0 Å². The van der Waals surface area contributed by atoms with Gasteiger partial charge in [0.15, 0.2) is 0 Å². The van der Waals surface area contributed by atoms with Gasteiger partial charge in [0.1, 0.15) is 0 Å². The normalized spacial score (nSPS) is 11.0. The monoisotopic (exact) mass is 325 g/mol. The highest BCUT2D eigenvalue weighted by molar-refractivity contribution is 7.92. The van der Waals surface area contributed by atoms with Crippen LogP contribution in [0.25, 0.3) is 0 Å². The minimum absolute atomic E-state index is 0.0232. The second-order valence-electron chi connectivity index (χ2n) is 4.06. The first-order valence-corrected chi connectivity index (χ1v) is 7.74. The zero-order valence-corrected chi connectivity index (χ0v) is 12.6. The van der Waals surface area contributed by atoms with E-state index in [9.17, 15) is 13.2 Å². The lowest BCUT2D eigenvalue weighted by atomic mass is 10.2. The molecular weight excluding hydrogens is 314 g/mol. The number of aromatic nitrogens is 1. The smallest absolute Gasteiger partial charge is 0.261 e. The summed E-state index contributed by atoms with van der Waals surface area (Å²) < 4.78 is 26.8. The molecule has 0 aliphatic carbocycles. The molecule has 0 atom stereocenters. The van der Waals surface area contributed by atoms with Crippen molar-refractivity contribution in [1.29, 1.82) is 0 Å². The van der Waals surface area contributed by atoms with Gasteiger partial charge in [0, 0.05) is 18.8 Å². The van der Waals surface area contributed by atoms with Crippen molar-refractivity contribution in [2.45, 2.75) is 4.90 Å². The fourth-order valence-electron chi connectivity index (χ4n) is 1.59. The van der Waals surface area contributed by atoms with Crippen LogP contribution in [0.2, 0.25) is 5.02 Å². The summed E-state index contributed by atoms with van der Waals surface area (Å²) in [7, 11) is -2.29. The number of nitrogens with zero attached hydrogens (tertiary/aromatic N) is 1. The Morgan fingerprint density at radius 3 is 2.43 bits per heavy atom. The third-order valence-electron chi connectivity index (χ3n) is 2.67. The van der Waals surface area contributed by atoms with Gasteiger partial charge < -0.3 is 5.32 Å². The highest BCUT2D eigenvalue weighted by atomic mass is 35.5. The van der Waals surface area contributed by atoms with Crippen molar-refractivity contribution in [1.82, 2.24) is 10.3 Å². The molecule has 0 unspecified atom stereocenters. The van der Waals surface area contributed by atoms with Crippen LogP contribution in [0.1, 0.15) is 10.4 Å². The Labute approximate surface area is 127 Å². The molecule has 1 heterocycles. The van der Waals surface area contributed by atoms with Crippen LogP contribution >= 0.6 is 11.6 Å². The Kier molecular flexibility index (Phi) is 4.44. The summed E-state index contributed by atoms with van der Waals surface area (Å²) in [6.45, 7) is 0. The Morgan fingerprint density at radius 1 is 1.19 bits per heavy atom. The van der Waals surface area contributed by atoms with Gasteiger partial charge in [0.25, 0.3) is 15.9 Å². The van der Waals surface area contributed by atoms with Crippen LogP contribution in [0, 0.1) is 0 Å². The van der Waals surface area contributed by atoms with Crippen molar-refractivity contribution in [2.24, 2.45) is 0 Å². The maximum absolute atomic E-state index is 12.2. The maximum Gasteiger partial charge on any atom is 0.261 e. The lowest BCUT2D eigenvalue weighted by molar-refractivity contribution is 0.0963. The number of carbonyl (C=O) groups is 1. The highest BCUT2D eigenvalue weighted by Gasteiger charge is 2.16. The fourth-order valence-corrected chi connectivity index (χ4v) is 2.86. The van der Waals surface area contributed by atoms with Crippen molar-refractivity contribution >= 4 is 33.2 Å². The zero-order chi connectivity index (χ0) is 15.5. The van der Waals surface area contributed by atoms with Gasteiger partial charge in [-0.3, -0.25) is 14.5 Å². The van der Waals surface area contributed by atoms with E-state index in [0.29, 0.717) is 5.56 Å². The lowest BCUT2D eigenvalue weighted by Crippen LogP contribution is -2.18. The molecule has 6 nitrogen and oxygen atoms in total. The summed E-state index contributed by atoms with van der Waals surface area (Å²) >= 11 is 5.88. The van der Waals surface area contributed by atoms with E-state index in [1.165, 1.54) is 49.8 Å². The third-order valence-corrected chi connectivity index (χ3v) is 4.38. The van der Waals surface area contributed by atoms with E-state index >= 15 is 0 Å². The molecule has 21 heavy (non-hydrogen) atoms. The number of rotatable bonds is 4. The maximum atomic E-state index is 12.2. The van der Waals surface area contributed by atoms with E-state index in [0.717, 1.165) is 0 Å². The van der Waals surface area contributed by atoms with Gasteiger partial charge in [0.05, 0.1) is 21.8 Å². The average Bonchev–Trinajstić information content (AvgIpc) is 2.49. The zero-order valence-electron chi connectivity index (χ0n) is 11.0. The summed E-state index contributed by atoms with van der Waals surface area (Å²) in [5, 5.41) is 2.70. The Morgan fingerprint density at radius 2 is 1.86 bits per heavy atom. The predicted molar refractivity (Wildman–Crippen MR) is 79.9 cm³/mol. The minimum Gasteiger partial charge on any atom is -0.355 e. The third kappa shape index (κ3) is 3.50. The Balaban J connectivity index is 2.28. The quantitative estimate of drug-likeness (QED) is 0.898. The molecular formula is C13H12ClN3O3S. The van der Waals surface area contributed by atoms with Crippen LogP contribution < -0.4 is 10.0 Å². The minimum atomic E-state index is -3.79. The molecule has 1 aromatic carbocycles. The Bertz CT molecular complexity index is 760. The molecule has 0 saturated heterocycles. The molecule has 1 amide bonds. The second-order valence-corrected chi connectivity index (χ2v) is 6.15. The number of benzene rings is 1. The van der Waals surface area contributed by atoms with Gasteiger partial charge in [-0.1, -0.05) is 11.6 Å². The number of hydrogen-bond donors (Lipinski definition) is 2. The van der Waals surface area contributed by atoms with E-state index in [4.69, 9.17) is 11.6 Å². The average molecular weight is 326 g/mol. The fraction of sp³-hybridized carbons (Fsp3) is 0.0769. The van der Waals surface area contributed by atoms with Gasteiger partial charge >= 0.3 is 0 Å². The van der Waals surface area contributed by atoms with Gasteiger partial charge in [-0.15, -0.1) is 0 Å². The van der Waals surface area contributed by atoms with E-state index in [1.807, 2.05) is 0 Å². The predicted octanol–water partition coefficient (Wildman–Crippen LogP) is 1.90. The molecule has 0 spiro atoms. The molecule has 0 aliphatic heterocycles. The highest BCUT2D eigenvalue weighted by Crippen LogP contribution is 2.23. The van der Waals surface area contributed by atoms with Crippen LogP contribution in [0.5, 0.6) is 0 Å². The molecule has 2 rings (SSSR count). The van der Waals surface area contributed by atoms with Crippen LogP contribution in [-0.4, -0.2) is 26.4 Å². The molecule has 110 valence electrons. The largest absolute Gasteiger partial charge is 0.355 e. The van der Waals surface area contributed by atoms with E-state index in [-0.39, 0.29) is 21.5 Å². The first-order chi connectivity index (χ1) is 9.94. The van der Waals surface area contributed by atoms with Crippen LogP contribution in [0.4, 0.5) is 5.69 Å². The van der Waals surface area contributed by atoms with Gasteiger partial charge in [0.2, 0.25) is 0 Å². The van der Waals surface area contributed by atoms with Crippen molar-refractivity contribution in [3.05, 3.63) is 53.3 Å². The lowest BCUT2D eigenvalue weighted by Gasteiger charge is -2.09. The summed E-state index contributed by atoms with van der Waals surface area (Å²) in [5.41, 5.74) is 0.561. The van der Waals surface area contributed by atoms with Crippen LogP contribution in [0.15, 0.2) is 47.6 Å². The second kappa shape index (κ2) is 6.11.